The summed E-state index contributed by atoms with van der Waals surface area (Å²) < 4.78 is 0. The Balaban J connectivity index is 1.65. The molecule has 2 nitrogen and oxygen atoms in total. The predicted octanol–water partition coefficient (Wildman–Crippen LogP) is 2.96. The van der Waals surface area contributed by atoms with E-state index in [-0.39, 0.29) is 0 Å². The van der Waals surface area contributed by atoms with Crippen LogP contribution in [-0.4, -0.2) is 30.6 Å². The predicted molar refractivity (Wildman–Crippen MR) is 75.5 cm³/mol. The smallest absolute Gasteiger partial charge is 0.0216 e. The van der Waals surface area contributed by atoms with Gasteiger partial charge in [-0.05, 0) is 54.2 Å². The Hall–Kier alpha value is -0.380. The maximum atomic E-state index is 3.68. The zero-order chi connectivity index (χ0) is 12.1. The van der Waals surface area contributed by atoms with Crippen LogP contribution >= 0.6 is 11.3 Å². The van der Waals surface area contributed by atoms with Crippen molar-refractivity contribution < 1.29 is 0 Å². The molecular weight excluding hydrogens is 228 g/mol. The van der Waals surface area contributed by atoms with Crippen LogP contribution in [0, 0.1) is 5.92 Å². The fourth-order valence-electron chi connectivity index (χ4n) is 2.49. The van der Waals surface area contributed by atoms with Crippen LogP contribution in [-0.2, 0) is 6.54 Å². The summed E-state index contributed by atoms with van der Waals surface area (Å²) in [6.07, 6.45) is 2.60. The van der Waals surface area contributed by atoms with Crippen molar-refractivity contribution in [1.29, 1.82) is 0 Å². The van der Waals surface area contributed by atoms with Crippen molar-refractivity contribution in [2.24, 2.45) is 5.92 Å². The van der Waals surface area contributed by atoms with Crippen LogP contribution in [0.1, 0.15) is 32.3 Å². The summed E-state index contributed by atoms with van der Waals surface area (Å²) in [5, 5.41) is 8.07. The van der Waals surface area contributed by atoms with Gasteiger partial charge in [0.25, 0.3) is 0 Å². The molecule has 0 atom stereocenters. The number of nitrogens with zero attached hydrogens (tertiary/aromatic N) is 1. The Morgan fingerprint density at radius 2 is 2.18 bits per heavy atom. The highest BCUT2D eigenvalue weighted by Crippen LogP contribution is 2.13. The van der Waals surface area contributed by atoms with Gasteiger partial charge in [0.05, 0.1) is 0 Å². The SMILES string of the molecule is CC(C)CN1CCC(NCc2ccsc2)CC1. The molecule has 1 aromatic heterocycles. The summed E-state index contributed by atoms with van der Waals surface area (Å²) in [6.45, 7) is 9.44. The Morgan fingerprint density at radius 1 is 1.41 bits per heavy atom. The highest BCUT2D eigenvalue weighted by atomic mass is 32.1. The molecule has 1 saturated heterocycles. The minimum atomic E-state index is 0.721. The molecule has 0 unspecified atom stereocenters. The quantitative estimate of drug-likeness (QED) is 0.867. The van der Waals surface area contributed by atoms with Gasteiger partial charge in [0.1, 0.15) is 0 Å². The molecule has 1 aliphatic rings. The van der Waals surface area contributed by atoms with E-state index in [0.717, 1.165) is 18.5 Å². The molecular formula is C14H24N2S. The average Bonchev–Trinajstić information content (AvgIpc) is 2.80. The van der Waals surface area contributed by atoms with E-state index < -0.39 is 0 Å². The van der Waals surface area contributed by atoms with Gasteiger partial charge in [-0.1, -0.05) is 13.8 Å². The molecule has 0 aliphatic carbocycles. The van der Waals surface area contributed by atoms with Gasteiger partial charge in [-0.15, -0.1) is 0 Å². The molecule has 1 aromatic rings. The van der Waals surface area contributed by atoms with E-state index >= 15 is 0 Å². The summed E-state index contributed by atoms with van der Waals surface area (Å²) >= 11 is 1.79. The summed E-state index contributed by atoms with van der Waals surface area (Å²) in [6, 6.07) is 2.93. The third kappa shape index (κ3) is 4.41. The first-order valence-electron chi connectivity index (χ1n) is 6.71. The van der Waals surface area contributed by atoms with E-state index in [1.807, 2.05) is 0 Å². The minimum Gasteiger partial charge on any atom is -0.310 e. The Morgan fingerprint density at radius 3 is 2.76 bits per heavy atom. The lowest BCUT2D eigenvalue weighted by Gasteiger charge is -2.33. The van der Waals surface area contributed by atoms with Gasteiger partial charge in [0, 0.05) is 19.1 Å². The molecule has 96 valence electrons. The highest BCUT2D eigenvalue weighted by molar-refractivity contribution is 7.07. The lowest BCUT2D eigenvalue weighted by molar-refractivity contribution is 0.179. The molecule has 17 heavy (non-hydrogen) atoms. The van der Waals surface area contributed by atoms with Crippen molar-refractivity contribution in [3.63, 3.8) is 0 Å². The van der Waals surface area contributed by atoms with Crippen LogP contribution in [0.3, 0.4) is 0 Å². The summed E-state index contributed by atoms with van der Waals surface area (Å²) in [7, 11) is 0. The Bertz CT molecular complexity index is 300. The first-order valence-corrected chi connectivity index (χ1v) is 7.65. The molecule has 0 bridgehead atoms. The first kappa shape index (κ1) is 13.1. The van der Waals surface area contributed by atoms with E-state index in [1.54, 1.807) is 11.3 Å². The molecule has 3 heteroatoms. The van der Waals surface area contributed by atoms with E-state index in [0.29, 0.717) is 0 Å². The monoisotopic (exact) mass is 252 g/mol. The van der Waals surface area contributed by atoms with Crippen LogP contribution in [0.4, 0.5) is 0 Å². The van der Waals surface area contributed by atoms with Crippen molar-refractivity contribution in [2.75, 3.05) is 19.6 Å². The van der Waals surface area contributed by atoms with Crippen molar-refractivity contribution in [1.82, 2.24) is 10.2 Å². The van der Waals surface area contributed by atoms with Crippen LogP contribution in [0.2, 0.25) is 0 Å². The summed E-state index contributed by atoms with van der Waals surface area (Å²) in [5.41, 5.74) is 1.43. The lowest BCUT2D eigenvalue weighted by Crippen LogP contribution is -2.43. The van der Waals surface area contributed by atoms with Crippen molar-refractivity contribution >= 4 is 11.3 Å². The number of likely N-dealkylation sites (tertiary alicyclic amines) is 1. The van der Waals surface area contributed by atoms with E-state index in [2.05, 4.69) is 40.9 Å². The van der Waals surface area contributed by atoms with Crippen LogP contribution in [0.25, 0.3) is 0 Å². The van der Waals surface area contributed by atoms with Gasteiger partial charge in [-0.2, -0.15) is 11.3 Å². The number of hydrogen-bond donors (Lipinski definition) is 1. The first-order chi connectivity index (χ1) is 8.24. The average molecular weight is 252 g/mol. The second kappa shape index (κ2) is 6.53. The normalized spacial score (nSPS) is 19.0. The topological polar surface area (TPSA) is 15.3 Å². The zero-order valence-electron chi connectivity index (χ0n) is 11.0. The fourth-order valence-corrected chi connectivity index (χ4v) is 3.16. The molecule has 0 spiro atoms. The van der Waals surface area contributed by atoms with E-state index in [4.69, 9.17) is 0 Å². The number of thiophene rings is 1. The molecule has 0 saturated carbocycles. The zero-order valence-corrected chi connectivity index (χ0v) is 11.8. The highest BCUT2D eigenvalue weighted by Gasteiger charge is 2.18. The largest absolute Gasteiger partial charge is 0.310 e. The second-order valence-electron chi connectivity index (χ2n) is 5.48. The number of nitrogens with one attached hydrogen (secondary N) is 1. The second-order valence-corrected chi connectivity index (χ2v) is 6.26. The van der Waals surface area contributed by atoms with Gasteiger partial charge in [0.15, 0.2) is 0 Å². The van der Waals surface area contributed by atoms with Crippen molar-refractivity contribution in [2.45, 2.75) is 39.3 Å². The minimum absolute atomic E-state index is 0.721. The molecule has 2 heterocycles. The lowest BCUT2D eigenvalue weighted by atomic mass is 10.0. The molecule has 1 aliphatic heterocycles. The number of rotatable bonds is 5. The van der Waals surface area contributed by atoms with Crippen molar-refractivity contribution in [3.8, 4) is 0 Å². The number of piperidine rings is 1. The van der Waals surface area contributed by atoms with Gasteiger partial charge >= 0.3 is 0 Å². The fraction of sp³-hybridized carbons (Fsp3) is 0.714. The maximum absolute atomic E-state index is 3.68. The van der Waals surface area contributed by atoms with Gasteiger partial charge in [0.2, 0.25) is 0 Å². The van der Waals surface area contributed by atoms with Crippen LogP contribution in [0.15, 0.2) is 16.8 Å². The molecule has 1 fully saturated rings. The molecule has 1 N–H and O–H groups in total. The third-order valence-electron chi connectivity index (χ3n) is 3.39. The maximum Gasteiger partial charge on any atom is 0.0216 e. The number of hydrogen-bond acceptors (Lipinski definition) is 3. The molecule has 0 amide bonds. The molecule has 0 radical (unpaired) electrons. The van der Waals surface area contributed by atoms with Gasteiger partial charge in [-0.25, -0.2) is 0 Å². The van der Waals surface area contributed by atoms with E-state index in [1.165, 1.54) is 38.0 Å². The van der Waals surface area contributed by atoms with Crippen molar-refractivity contribution in [3.05, 3.63) is 22.4 Å². The van der Waals surface area contributed by atoms with Crippen LogP contribution < -0.4 is 5.32 Å². The molecule has 0 aromatic carbocycles. The molecule has 2 rings (SSSR count). The van der Waals surface area contributed by atoms with Crippen LogP contribution in [0.5, 0.6) is 0 Å². The third-order valence-corrected chi connectivity index (χ3v) is 4.12. The standard InChI is InChI=1S/C14H24N2S/c1-12(2)10-16-6-3-14(4-7-16)15-9-13-5-8-17-11-13/h5,8,11-12,14-15H,3-4,6-7,9-10H2,1-2H3. The summed E-state index contributed by atoms with van der Waals surface area (Å²) in [5.74, 6) is 0.797. The summed E-state index contributed by atoms with van der Waals surface area (Å²) in [4.78, 5) is 2.60. The van der Waals surface area contributed by atoms with Gasteiger partial charge < -0.3 is 10.2 Å². The van der Waals surface area contributed by atoms with E-state index in [9.17, 15) is 0 Å². The Labute approximate surface area is 109 Å². The van der Waals surface area contributed by atoms with Gasteiger partial charge in [-0.3, -0.25) is 0 Å². The Kier molecular flexibility index (Phi) is 5.01.